The van der Waals surface area contributed by atoms with Crippen molar-refractivity contribution in [2.24, 2.45) is 0 Å². The summed E-state index contributed by atoms with van der Waals surface area (Å²) in [5.74, 6) is -0.596. The fourth-order valence-corrected chi connectivity index (χ4v) is 4.46. The molecule has 1 atom stereocenters. The van der Waals surface area contributed by atoms with Crippen LogP contribution in [0.15, 0.2) is 52.1 Å². The standard InChI is InChI=1S/C12H11BrFN2O5PS.Na.H/c13-12-11(2-1-7-15-12)21-22(17,18)8-16-23(19,20)10-5-3-9(14)4-6-10;;/h1-7,16H,8H2,(H,17,18);;/q;+1;-1. The van der Waals surface area contributed by atoms with Crippen LogP contribution >= 0.6 is 23.5 Å². The number of hydrogen-bond acceptors (Lipinski definition) is 5. The Kier molecular flexibility index (Phi) is 8.02. The van der Waals surface area contributed by atoms with E-state index >= 15 is 0 Å². The van der Waals surface area contributed by atoms with E-state index in [-0.39, 0.29) is 46.2 Å². The SMILES string of the molecule is O=P(O)(CNS(=O)(=O)c1ccc(F)cc1)Oc1cccnc1Br.[H-].[Na+]. The molecule has 1 unspecified atom stereocenters. The fraction of sp³-hybridized carbons (Fsp3) is 0.0833. The zero-order valence-corrected chi connectivity index (χ0v) is 17.7. The van der Waals surface area contributed by atoms with Crippen molar-refractivity contribution in [3.63, 3.8) is 0 Å². The average Bonchev–Trinajstić information content (AvgIpc) is 2.48. The molecule has 0 spiro atoms. The third-order valence-corrected chi connectivity index (χ3v) is 5.81. The van der Waals surface area contributed by atoms with Crippen molar-refractivity contribution in [3.8, 4) is 5.75 Å². The maximum atomic E-state index is 12.8. The van der Waals surface area contributed by atoms with Crippen molar-refractivity contribution in [2.45, 2.75) is 4.90 Å². The van der Waals surface area contributed by atoms with Gasteiger partial charge in [0.05, 0.1) is 4.90 Å². The predicted octanol–water partition coefficient (Wildman–Crippen LogP) is -0.400. The smallest absolute Gasteiger partial charge is 1.00 e. The number of sulfonamides is 1. The van der Waals surface area contributed by atoms with Crippen LogP contribution in [0.3, 0.4) is 0 Å². The van der Waals surface area contributed by atoms with E-state index in [1.54, 1.807) is 0 Å². The number of pyridine rings is 1. The molecule has 0 saturated carbocycles. The van der Waals surface area contributed by atoms with Crippen LogP contribution in [-0.4, -0.2) is 24.6 Å². The molecule has 7 nitrogen and oxygen atoms in total. The van der Waals surface area contributed by atoms with Gasteiger partial charge in [-0.2, -0.15) is 4.72 Å². The molecule has 0 radical (unpaired) electrons. The number of nitrogens with zero attached hydrogens (tertiary/aromatic N) is 1. The average molecular weight is 449 g/mol. The van der Waals surface area contributed by atoms with Crippen LogP contribution in [0.25, 0.3) is 0 Å². The molecule has 0 bridgehead atoms. The predicted molar refractivity (Wildman–Crippen MR) is 85.1 cm³/mol. The molecule has 0 amide bonds. The van der Waals surface area contributed by atoms with E-state index in [4.69, 9.17) is 4.52 Å². The number of benzene rings is 1. The van der Waals surface area contributed by atoms with E-state index < -0.39 is 29.7 Å². The third-order valence-electron chi connectivity index (χ3n) is 2.54. The van der Waals surface area contributed by atoms with Crippen molar-refractivity contribution in [1.82, 2.24) is 9.71 Å². The topological polar surface area (TPSA) is 106 Å². The molecule has 126 valence electrons. The molecule has 2 N–H and O–H groups in total. The summed E-state index contributed by atoms with van der Waals surface area (Å²) < 4.78 is 55.8. The Bertz CT molecular complexity index is 859. The molecule has 1 aromatic heterocycles. The number of nitrogens with one attached hydrogen (secondary N) is 1. The molecule has 0 aliphatic carbocycles. The molecule has 24 heavy (non-hydrogen) atoms. The first kappa shape index (κ1) is 21.7. The van der Waals surface area contributed by atoms with Crippen molar-refractivity contribution >= 4 is 33.5 Å². The van der Waals surface area contributed by atoms with E-state index in [0.717, 1.165) is 24.3 Å². The molecule has 2 rings (SSSR count). The minimum atomic E-state index is -4.30. The fourth-order valence-electron chi connectivity index (χ4n) is 1.49. The van der Waals surface area contributed by atoms with Crippen LogP contribution in [0.5, 0.6) is 5.75 Å². The van der Waals surface area contributed by atoms with Gasteiger partial charge in [0, 0.05) is 6.20 Å². The third kappa shape index (κ3) is 6.20. The summed E-state index contributed by atoms with van der Waals surface area (Å²) in [6.07, 6.45) is 0.588. The van der Waals surface area contributed by atoms with Gasteiger partial charge in [-0.15, -0.1) is 0 Å². The van der Waals surface area contributed by atoms with E-state index in [9.17, 15) is 22.3 Å². The van der Waals surface area contributed by atoms with Gasteiger partial charge >= 0.3 is 37.2 Å². The van der Waals surface area contributed by atoms with Gasteiger partial charge in [-0.25, -0.2) is 22.4 Å². The molecule has 1 aromatic carbocycles. The maximum Gasteiger partial charge on any atom is 1.00 e. The maximum absolute atomic E-state index is 12.8. The van der Waals surface area contributed by atoms with Gasteiger partial charge < -0.3 is 10.8 Å². The van der Waals surface area contributed by atoms with E-state index in [1.165, 1.54) is 18.3 Å². The van der Waals surface area contributed by atoms with Gasteiger partial charge in [0.2, 0.25) is 10.0 Å². The summed E-state index contributed by atoms with van der Waals surface area (Å²) in [5, 5.41) is 0. The van der Waals surface area contributed by atoms with Gasteiger partial charge in [0.1, 0.15) is 16.7 Å². The number of halogens is 2. The Balaban J connectivity index is 0.00000288. The summed E-state index contributed by atoms with van der Waals surface area (Å²) >= 11 is 3.04. The molecule has 0 aliphatic rings. The minimum Gasteiger partial charge on any atom is -1.00 e. The van der Waals surface area contributed by atoms with E-state index in [0.29, 0.717) is 0 Å². The number of hydrogen-bond donors (Lipinski definition) is 2. The first-order valence-electron chi connectivity index (χ1n) is 6.07. The van der Waals surface area contributed by atoms with Gasteiger partial charge in [-0.1, -0.05) is 0 Å². The second kappa shape index (κ2) is 8.86. The van der Waals surface area contributed by atoms with Crippen LogP contribution < -0.4 is 38.8 Å². The molecular weight excluding hydrogens is 437 g/mol. The van der Waals surface area contributed by atoms with Crippen LogP contribution in [0.4, 0.5) is 4.39 Å². The molecule has 0 saturated heterocycles. The van der Waals surface area contributed by atoms with Gasteiger partial charge in [0.15, 0.2) is 5.75 Å². The molecule has 0 aliphatic heterocycles. The van der Waals surface area contributed by atoms with E-state index in [2.05, 4.69) is 20.9 Å². The van der Waals surface area contributed by atoms with Crippen LogP contribution in [-0.2, 0) is 14.6 Å². The molecular formula is C12H12BrFN2NaO5PS. The zero-order valence-electron chi connectivity index (χ0n) is 13.4. The van der Waals surface area contributed by atoms with E-state index in [1.807, 2.05) is 4.72 Å². The molecule has 1 heterocycles. The second-order valence-corrected chi connectivity index (χ2v) is 8.57. The minimum absolute atomic E-state index is 0. The Morgan fingerprint density at radius 3 is 2.54 bits per heavy atom. The summed E-state index contributed by atoms with van der Waals surface area (Å²) in [5.41, 5.74) is 0. The first-order chi connectivity index (χ1) is 10.7. The molecule has 2 aromatic rings. The summed E-state index contributed by atoms with van der Waals surface area (Å²) in [7, 11) is -8.37. The molecule has 12 heteroatoms. The molecule has 0 fully saturated rings. The first-order valence-corrected chi connectivity index (χ1v) is 10.1. The van der Waals surface area contributed by atoms with Crippen molar-refractivity contribution in [1.29, 1.82) is 0 Å². The Morgan fingerprint density at radius 1 is 1.33 bits per heavy atom. The second-order valence-electron chi connectivity index (χ2n) is 4.28. The van der Waals surface area contributed by atoms with Crippen LogP contribution in [0.1, 0.15) is 1.43 Å². The van der Waals surface area contributed by atoms with Crippen molar-refractivity contribution < 1.29 is 57.8 Å². The van der Waals surface area contributed by atoms with Crippen molar-refractivity contribution in [3.05, 3.63) is 53.0 Å². The Hall–Kier alpha value is -0.320. The van der Waals surface area contributed by atoms with Crippen molar-refractivity contribution in [2.75, 3.05) is 6.29 Å². The van der Waals surface area contributed by atoms with Crippen LogP contribution in [0.2, 0.25) is 0 Å². The largest absolute Gasteiger partial charge is 1.00 e. The van der Waals surface area contributed by atoms with Gasteiger partial charge in [-0.05, 0) is 52.3 Å². The van der Waals surface area contributed by atoms with Crippen LogP contribution in [0, 0.1) is 5.82 Å². The Labute approximate surface area is 170 Å². The van der Waals surface area contributed by atoms with Gasteiger partial charge in [-0.3, -0.25) is 0 Å². The Morgan fingerprint density at radius 2 is 1.96 bits per heavy atom. The van der Waals surface area contributed by atoms with Gasteiger partial charge in [0.25, 0.3) is 0 Å². The zero-order chi connectivity index (χ0) is 17.1. The number of aromatic nitrogens is 1. The number of rotatable bonds is 6. The normalized spacial score (nSPS) is 13.6. The summed E-state index contributed by atoms with van der Waals surface area (Å²) in [4.78, 5) is 13.3. The quantitative estimate of drug-likeness (QED) is 0.354. The monoisotopic (exact) mass is 448 g/mol. The summed E-state index contributed by atoms with van der Waals surface area (Å²) in [6, 6.07) is 6.90. The summed E-state index contributed by atoms with van der Waals surface area (Å²) in [6.45, 7) is 0.